The number of nitrogens with two attached hydrogens (primary N) is 1. The molecule has 0 bridgehead atoms. The zero-order chi connectivity index (χ0) is 9.52. The lowest BCUT2D eigenvalue weighted by Crippen LogP contribution is -2.24. The second-order valence-corrected chi connectivity index (χ2v) is 5.04. The van der Waals surface area contributed by atoms with Gasteiger partial charge in [0.05, 0.1) is 0 Å². The first-order valence-corrected chi connectivity index (χ1v) is 6.42. The highest BCUT2D eigenvalue weighted by Crippen LogP contribution is 2.27. The Labute approximate surface area is 85.3 Å². The Kier molecular flexibility index (Phi) is 5.83. The van der Waals surface area contributed by atoms with Crippen LogP contribution in [0.15, 0.2) is 0 Å². The van der Waals surface area contributed by atoms with Crippen molar-refractivity contribution in [2.75, 3.05) is 18.1 Å². The van der Waals surface area contributed by atoms with Crippen molar-refractivity contribution in [2.45, 2.75) is 38.1 Å². The van der Waals surface area contributed by atoms with Crippen LogP contribution in [0.3, 0.4) is 0 Å². The van der Waals surface area contributed by atoms with Crippen molar-refractivity contribution in [2.24, 2.45) is 11.7 Å². The van der Waals surface area contributed by atoms with Crippen LogP contribution in [0.4, 0.5) is 0 Å². The largest absolute Gasteiger partial charge is 0.396 e. The fraction of sp³-hybridized carbons (Fsp3) is 1.00. The average molecular weight is 203 g/mol. The van der Waals surface area contributed by atoms with E-state index in [-0.39, 0.29) is 12.6 Å². The molecular weight excluding hydrogens is 182 g/mol. The summed E-state index contributed by atoms with van der Waals surface area (Å²) in [6.45, 7) is 0.227. The zero-order valence-electron chi connectivity index (χ0n) is 8.24. The topological polar surface area (TPSA) is 46.2 Å². The third-order valence-electron chi connectivity index (χ3n) is 2.66. The second-order valence-electron chi connectivity index (χ2n) is 3.96. The summed E-state index contributed by atoms with van der Waals surface area (Å²) in [6.07, 6.45) is 6.43. The predicted octanol–water partition coefficient (Wildman–Crippen LogP) is 1.62. The van der Waals surface area contributed by atoms with Gasteiger partial charge < -0.3 is 10.8 Å². The van der Waals surface area contributed by atoms with E-state index in [0.717, 1.165) is 18.1 Å². The number of aliphatic hydroxyl groups is 1. The van der Waals surface area contributed by atoms with Crippen LogP contribution in [0.25, 0.3) is 0 Å². The van der Waals surface area contributed by atoms with Gasteiger partial charge in [0, 0.05) is 18.4 Å². The van der Waals surface area contributed by atoms with Gasteiger partial charge in [0.1, 0.15) is 0 Å². The normalized spacial score (nSPS) is 20.8. The van der Waals surface area contributed by atoms with Gasteiger partial charge in [0.2, 0.25) is 0 Å². The molecule has 1 aliphatic rings. The molecule has 2 nitrogen and oxygen atoms in total. The number of hydrogen-bond acceptors (Lipinski definition) is 3. The molecule has 1 rings (SSSR count). The molecule has 0 aliphatic heterocycles. The molecule has 0 amide bonds. The molecule has 1 fully saturated rings. The first-order chi connectivity index (χ1) is 6.33. The Morgan fingerprint density at radius 2 is 2.08 bits per heavy atom. The van der Waals surface area contributed by atoms with E-state index in [0.29, 0.717) is 0 Å². The Hall–Kier alpha value is 0.270. The number of rotatable bonds is 6. The first-order valence-electron chi connectivity index (χ1n) is 5.27. The molecule has 1 saturated carbocycles. The second kappa shape index (κ2) is 6.68. The average Bonchev–Trinajstić information content (AvgIpc) is 2.57. The van der Waals surface area contributed by atoms with Crippen LogP contribution in [0, 0.1) is 5.92 Å². The van der Waals surface area contributed by atoms with Crippen LogP contribution in [-0.4, -0.2) is 29.3 Å². The Morgan fingerprint density at radius 1 is 1.38 bits per heavy atom. The molecular formula is C10H21NOS. The first kappa shape index (κ1) is 11.3. The number of thioether (sulfide) groups is 1. The highest BCUT2D eigenvalue weighted by molar-refractivity contribution is 7.99. The van der Waals surface area contributed by atoms with Gasteiger partial charge in [-0.15, -0.1) is 0 Å². The van der Waals surface area contributed by atoms with E-state index < -0.39 is 0 Å². The van der Waals surface area contributed by atoms with Gasteiger partial charge >= 0.3 is 0 Å². The van der Waals surface area contributed by atoms with E-state index in [1.54, 1.807) is 0 Å². The highest BCUT2D eigenvalue weighted by Gasteiger charge is 2.14. The van der Waals surface area contributed by atoms with Gasteiger partial charge in [-0.3, -0.25) is 0 Å². The van der Waals surface area contributed by atoms with Crippen molar-refractivity contribution in [1.29, 1.82) is 0 Å². The number of aliphatic hydroxyl groups excluding tert-OH is 1. The monoisotopic (exact) mass is 203 g/mol. The summed E-state index contributed by atoms with van der Waals surface area (Å²) in [6, 6.07) is 0.191. The molecule has 78 valence electrons. The minimum atomic E-state index is 0.191. The van der Waals surface area contributed by atoms with Crippen molar-refractivity contribution < 1.29 is 5.11 Å². The van der Waals surface area contributed by atoms with Crippen molar-refractivity contribution in [1.82, 2.24) is 0 Å². The van der Waals surface area contributed by atoms with E-state index >= 15 is 0 Å². The molecule has 0 spiro atoms. The summed E-state index contributed by atoms with van der Waals surface area (Å²) in [5.74, 6) is 3.24. The Balaban J connectivity index is 1.93. The van der Waals surface area contributed by atoms with Crippen LogP contribution >= 0.6 is 11.8 Å². The molecule has 13 heavy (non-hydrogen) atoms. The molecule has 0 aromatic carbocycles. The summed E-state index contributed by atoms with van der Waals surface area (Å²) < 4.78 is 0. The third-order valence-corrected chi connectivity index (χ3v) is 4.03. The molecule has 1 unspecified atom stereocenters. The molecule has 1 atom stereocenters. The fourth-order valence-corrected chi connectivity index (χ4v) is 3.08. The molecule has 3 N–H and O–H groups in total. The van der Waals surface area contributed by atoms with Gasteiger partial charge in [-0.1, -0.05) is 12.8 Å². The zero-order valence-corrected chi connectivity index (χ0v) is 9.06. The van der Waals surface area contributed by atoms with Crippen molar-refractivity contribution in [3.63, 3.8) is 0 Å². The Morgan fingerprint density at radius 3 is 2.69 bits per heavy atom. The fourth-order valence-electron chi connectivity index (χ4n) is 1.81. The maximum absolute atomic E-state index is 8.66. The lowest BCUT2D eigenvalue weighted by Gasteiger charge is -2.12. The van der Waals surface area contributed by atoms with E-state index in [1.165, 1.54) is 31.4 Å². The molecule has 0 heterocycles. The number of hydrogen-bond donors (Lipinski definition) is 2. The van der Waals surface area contributed by atoms with Gasteiger partial charge in [-0.05, 0) is 30.9 Å². The minimum absolute atomic E-state index is 0.191. The van der Waals surface area contributed by atoms with E-state index in [1.807, 2.05) is 11.8 Å². The van der Waals surface area contributed by atoms with Gasteiger partial charge in [-0.25, -0.2) is 0 Å². The van der Waals surface area contributed by atoms with E-state index in [2.05, 4.69) is 0 Å². The quantitative estimate of drug-likeness (QED) is 0.689. The Bertz CT molecular complexity index is 126. The highest BCUT2D eigenvalue weighted by atomic mass is 32.2. The summed E-state index contributed by atoms with van der Waals surface area (Å²) in [5.41, 5.74) is 5.79. The van der Waals surface area contributed by atoms with Crippen molar-refractivity contribution in [3.8, 4) is 0 Å². The maximum Gasteiger partial charge on any atom is 0.0446 e. The van der Waals surface area contributed by atoms with E-state index in [9.17, 15) is 0 Å². The van der Waals surface area contributed by atoms with Crippen LogP contribution in [0.1, 0.15) is 32.1 Å². The van der Waals surface area contributed by atoms with Crippen LogP contribution in [0.5, 0.6) is 0 Å². The van der Waals surface area contributed by atoms with Gasteiger partial charge in [0.25, 0.3) is 0 Å². The van der Waals surface area contributed by atoms with Crippen molar-refractivity contribution in [3.05, 3.63) is 0 Å². The van der Waals surface area contributed by atoms with Crippen LogP contribution in [0.2, 0.25) is 0 Å². The lowest BCUT2D eigenvalue weighted by atomic mass is 10.1. The smallest absolute Gasteiger partial charge is 0.0446 e. The summed E-state index contributed by atoms with van der Waals surface area (Å²) in [7, 11) is 0. The summed E-state index contributed by atoms with van der Waals surface area (Å²) in [4.78, 5) is 0. The molecule has 0 aromatic rings. The molecule has 0 radical (unpaired) electrons. The van der Waals surface area contributed by atoms with Crippen molar-refractivity contribution >= 4 is 11.8 Å². The molecule has 1 aliphatic carbocycles. The molecule has 0 aromatic heterocycles. The van der Waals surface area contributed by atoms with Crippen LogP contribution in [-0.2, 0) is 0 Å². The SMILES string of the molecule is NC(CCO)CSCC1CCCC1. The predicted molar refractivity (Wildman–Crippen MR) is 59.0 cm³/mol. The van der Waals surface area contributed by atoms with Crippen LogP contribution < -0.4 is 5.73 Å². The molecule has 0 saturated heterocycles. The van der Waals surface area contributed by atoms with E-state index in [4.69, 9.17) is 10.8 Å². The summed E-state index contributed by atoms with van der Waals surface area (Å²) >= 11 is 1.96. The maximum atomic E-state index is 8.66. The minimum Gasteiger partial charge on any atom is -0.396 e. The summed E-state index contributed by atoms with van der Waals surface area (Å²) in [5, 5.41) is 8.66. The van der Waals surface area contributed by atoms with Gasteiger partial charge in [-0.2, -0.15) is 11.8 Å². The lowest BCUT2D eigenvalue weighted by molar-refractivity contribution is 0.279. The molecule has 3 heteroatoms. The third kappa shape index (κ3) is 4.89. The standard InChI is InChI=1S/C10H21NOS/c11-10(5-6-12)8-13-7-9-3-1-2-4-9/h9-10,12H,1-8,11H2. The van der Waals surface area contributed by atoms with Gasteiger partial charge in [0.15, 0.2) is 0 Å².